The van der Waals surface area contributed by atoms with E-state index in [1.807, 2.05) is 0 Å². The molecule has 0 aliphatic rings. The summed E-state index contributed by atoms with van der Waals surface area (Å²) in [5, 5.41) is 0. The second-order valence-electron chi connectivity index (χ2n) is 1.84. The smallest absolute Gasteiger partial charge is 0.768 e. The van der Waals surface area contributed by atoms with Gasteiger partial charge in [0.2, 0.25) is 0 Å². The van der Waals surface area contributed by atoms with Gasteiger partial charge in [-0.2, -0.15) is 0 Å². The third kappa shape index (κ3) is 3.49. The van der Waals surface area contributed by atoms with E-state index in [0.29, 0.717) is 0 Å². The van der Waals surface area contributed by atoms with Crippen LogP contribution in [0.25, 0.3) is 0 Å². The fourth-order valence-electron chi connectivity index (χ4n) is 0.620. The minimum Gasteiger partial charge on any atom is -0.768 e. The van der Waals surface area contributed by atoms with Crippen molar-refractivity contribution in [3.05, 3.63) is 17.0 Å². The van der Waals surface area contributed by atoms with Crippen LogP contribution in [0.4, 0.5) is 0 Å². The number of hydrogen-bond donors (Lipinski definition) is 0. The summed E-state index contributed by atoms with van der Waals surface area (Å²) in [6, 6.07) is 2.78. The van der Waals surface area contributed by atoms with Crippen LogP contribution in [-0.4, -0.2) is 21.8 Å². The minimum atomic E-state index is -2.27. The number of ether oxygens (including phenoxy) is 1. The van der Waals surface area contributed by atoms with Crippen molar-refractivity contribution in [3.63, 3.8) is 0 Å². The Morgan fingerprint density at radius 3 is 2.62 bits per heavy atom. The first-order chi connectivity index (χ1) is 5.65. The Bertz CT molecular complexity index is 322. The monoisotopic (exact) mass is 228 g/mol. The van der Waals surface area contributed by atoms with Gasteiger partial charge in [0.25, 0.3) is 0 Å². The van der Waals surface area contributed by atoms with E-state index < -0.39 is 17.0 Å². The Labute approximate surface area is 104 Å². The van der Waals surface area contributed by atoms with Crippen molar-refractivity contribution in [1.29, 1.82) is 0 Å². The van der Waals surface area contributed by atoms with Gasteiger partial charge in [0, 0.05) is 0 Å². The van der Waals surface area contributed by atoms with Crippen LogP contribution >= 0.6 is 11.3 Å². The van der Waals surface area contributed by atoms with Gasteiger partial charge in [-0.3, -0.25) is 4.21 Å². The molecule has 1 aromatic rings. The standard InChI is InChI=1S/C6H6O4S2.Na/c1-10-6(7)4-2-3-5(11-4)12(8)9;/h2-3H,1H3,(H,8,9);/q;+1/p-1. The van der Waals surface area contributed by atoms with E-state index in [4.69, 9.17) is 0 Å². The summed E-state index contributed by atoms with van der Waals surface area (Å²) in [4.78, 5) is 11.1. The summed E-state index contributed by atoms with van der Waals surface area (Å²) in [7, 11) is 1.25. The Kier molecular flexibility index (Phi) is 6.02. The molecule has 0 aliphatic carbocycles. The Hall–Kier alpha value is 0.280. The van der Waals surface area contributed by atoms with Gasteiger partial charge in [-0.15, -0.1) is 11.3 Å². The van der Waals surface area contributed by atoms with E-state index in [0.717, 1.165) is 11.3 Å². The molecule has 66 valence electrons. The van der Waals surface area contributed by atoms with Gasteiger partial charge in [-0.1, -0.05) is 0 Å². The van der Waals surface area contributed by atoms with Crippen molar-refractivity contribution in [1.82, 2.24) is 0 Å². The third-order valence-corrected chi connectivity index (χ3v) is 3.11. The van der Waals surface area contributed by atoms with E-state index in [2.05, 4.69) is 4.74 Å². The number of carbonyl (C=O) groups is 1. The molecule has 1 rings (SSSR count). The summed E-state index contributed by atoms with van der Waals surface area (Å²) in [5.74, 6) is -0.517. The van der Waals surface area contributed by atoms with Gasteiger partial charge in [0.15, 0.2) is 0 Å². The summed E-state index contributed by atoms with van der Waals surface area (Å²) in [6.07, 6.45) is 0. The zero-order chi connectivity index (χ0) is 9.14. The van der Waals surface area contributed by atoms with Crippen molar-refractivity contribution in [3.8, 4) is 0 Å². The molecule has 0 bridgehead atoms. The molecule has 7 heteroatoms. The Morgan fingerprint density at radius 1 is 1.62 bits per heavy atom. The fourth-order valence-corrected chi connectivity index (χ4v) is 2.00. The fraction of sp³-hybridized carbons (Fsp3) is 0.167. The van der Waals surface area contributed by atoms with Gasteiger partial charge in [-0.05, 0) is 23.2 Å². The molecule has 1 atom stereocenters. The molecule has 0 N–H and O–H groups in total. The largest absolute Gasteiger partial charge is 1.00 e. The maximum atomic E-state index is 10.8. The Morgan fingerprint density at radius 2 is 2.23 bits per heavy atom. The van der Waals surface area contributed by atoms with Crippen LogP contribution in [0.2, 0.25) is 0 Å². The van der Waals surface area contributed by atoms with E-state index >= 15 is 0 Å². The second-order valence-corrected chi connectivity index (χ2v) is 4.10. The van der Waals surface area contributed by atoms with Gasteiger partial charge in [-0.25, -0.2) is 4.79 Å². The third-order valence-electron chi connectivity index (χ3n) is 1.13. The molecule has 1 unspecified atom stereocenters. The van der Waals surface area contributed by atoms with Crippen molar-refractivity contribution in [2.24, 2.45) is 0 Å². The summed E-state index contributed by atoms with van der Waals surface area (Å²) in [6.45, 7) is 0. The molecule has 1 aromatic heterocycles. The van der Waals surface area contributed by atoms with Gasteiger partial charge in [0.05, 0.1) is 11.3 Å². The molecule has 0 aliphatic heterocycles. The summed E-state index contributed by atoms with van der Waals surface area (Å²) >= 11 is -1.38. The molecule has 0 saturated heterocycles. The maximum absolute atomic E-state index is 10.8. The first-order valence-electron chi connectivity index (χ1n) is 2.92. The van der Waals surface area contributed by atoms with E-state index in [9.17, 15) is 13.6 Å². The molecular formula is C6H5NaO4S2. The van der Waals surface area contributed by atoms with E-state index in [1.165, 1.54) is 19.2 Å². The minimum absolute atomic E-state index is 0. The van der Waals surface area contributed by atoms with Crippen LogP contribution in [0.1, 0.15) is 9.67 Å². The second kappa shape index (κ2) is 5.90. The van der Waals surface area contributed by atoms with E-state index in [-0.39, 0.29) is 38.6 Å². The number of rotatable bonds is 2. The SMILES string of the molecule is COC(=O)c1ccc(S(=O)[O-])s1.[Na+]. The molecule has 0 amide bonds. The maximum Gasteiger partial charge on any atom is 1.00 e. The van der Waals surface area contributed by atoms with Crippen LogP contribution in [0.5, 0.6) is 0 Å². The van der Waals surface area contributed by atoms with E-state index in [1.54, 1.807) is 0 Å². The van der Waals surface area contributed by atoms with Crippen LogP contribution in [0.15, 0.2) is 16.3 Å². The number of hydrogen-bond acceptors (Lipinski definition) is 5. The van der Waals surface area contributed by atoms with Crippen LogP contribution in [-0.2, 0) is 15.8 Å². The van der Waals surface area contributed by atoms with Crippen molar-refractivity contribution >= 4 is 28.4 Å². The zero-order valence-electron chi connectivity index (χ0n) is 7.10. The first kappa shape index (κ1) is 13.3. The molecule has 4 nitrogen and oxygen atoms in total. The van der Waals surface area contributed by atoms with Crippen LogP contribution < -0.4 is 29.6 Å². The molecule has 0 spiro atoms. The molecule has 0 fully saturated rings. The zero-order valence-corrected chi connectivity index (χ0v) is 10.7. The normalized spacial score (nSPS) is 11.5. The summed E-state index contributed by atoms with van der Waals surface area (Å²) in [5.41, 5.74) is 0. The number of methoxy groups -OCH3 is 1. The molecular weight excluding hydrogens is 223 g/mol. The van der Waals surface area contributed by atoms with Gasteiger partial charge in [0.1, 0.15) is 4.88 Å². The molecule has 0 radical (unpaired) electrons. The Balaban J connectivity index is 0.00000144. The summed E-state index contributed by atoms with van der Waals surface area (Å²) < 4.78 is 25.3. The number of esters is 1. The van der Waals surface area contributed by atoms with Crippen molar-refractivity contribution in [2.45, 2.75) is 4.21 Å². The average molecular weight is 228 g/mol. The molecule has 0 aromatic carbocycles. The number of thiophene rings is 1. The molecule has 1 heterocycles. The molecule has 13 heavy (non-hydrogen) atoms. The van der Waals surface area contributed by atoms with Crippen LogP contribution in [0.3, 0.4) is 0 Å². The predicted octanol–water partition coefficient (Wildman–Crippen LogP) is -2.22. The average Bonchev–Trinajstić information content (AvgIpc) is 2.51. The van der Waals surface area contributed by atoms with Crippen molar-refractivity contribution < 1.29 is 47.9 Å². The topological polar surface area (TPSA) is 66.4 Å². The van der Waals surface area contributed by atoms with Gasteiger partial charge >= 0.3 is 35.5 Å². The van der Waals surface area contributed by atoms with Gasteiger partial charge < -0.3 is 9.29 Å². The predicted molar refractivity (Wildman–Crippen MR) is 42.8 cm³/mol. The van der Waals surface area contributed by atoms with Crippen molar-refractivity contribution in [2.75, 3.05) is 7.11 Å². The quantitative estimate of drug-likeness (QED) is 0.326. The number of carbonyl (C=O) groups excluding carboxylic acids is 1. The van der Waals surface area contributed by atoms with Crippen LogP contribution in [0, 0.1) is 0 Å². The molecule has 0 saturated carbocycles. The first-order valence-corrected chi connectivity index (χ1v) is 4.81.